The maximum atomic E-state index is 12.4. The summed E-state index contributed by atoms with van der Waals surface area (Å²) < 4.78 is 30.1. The molecule has 0 saturated heterocycles. The van der Waals surface area contributed by atoms with E-state index in [1.807, 2.05) is 44.2 Å². The van der Waals surface area contributed by atoms with Gasteiger partial charge in [-0.05, 0) is 38.3 Å². The molecule has 0 saturated carbocycles. The highest BCUT2D eigenvalue weighted by Crippen LogP contribution is 2.33. The molecule has 0 aliphatic carbocycles. The molecule has 3 aromatic rings. The zero-order chi connectivity index (χ0) is 18.2. The Kier molecular flexibility index (Phi) is 4.72. The Bertz CT molecular complexity index is 954. The van der Waals surface area contributed by atoms with Crippen molar-refractivity contribution in [1.82, 2.24) is 14.3 Å². The molecule has 0 amide bonds. The van der Waals surface area contributed by atoms with Crippen molar-refractivity contribution < 1.29 is 13.5 Å². The molecule has 2 heterocycles. The zero-order valence-corrected chi connectivity index (χ0v) is 15.9. The molecule has 0 fully saturated rings. The van der Waals surface area contributed by atoms with Crippen LogP contribution >= 0.6 is 11.3 Å². The lowest BCUT2D eigenvalue weighted by molar-refractivity contribution is 0.0666. The van der Waals surface area contributed by atoms with Crippen LogP contribution in [-0.4, -0.2) is 29.6 Å². The van der Waals surface area contributed by atoms with E-state index in [2.05, 4.69) is 9.71 Å². The van der Waals surface area contributed by atoms with Crippen LogP contribution in [0.1, 0.15) is 31.7 Å². The normalized spacial score (nSPS) is 14.9. The summed E-state index contributed by atoms with van der Waals surface area (Å²) in [5.74, 6) is 0. The maximum absolute atomic E-state index is 12.4. The summed E-state index contributed by atoms with van der Waals surface area (Å²) in [5.41, 5.74) is -1.31. The lowest BCUT2D eigenvalue weighted by Gasteiger charge is -2.21. The minimum atomic E-state index is -3.78. The molecule has 1 atom stereocenters. The molecular weight excluding hydrogens is 358 g/mol. The summed E-state index contributed by atoms with van der Waals surface area (Å²) >= 11 is 1.45. The fourth-order valence-electron chi connectivity index (χ4n) is 2.38. The number of rotatable bonds is 6. The van der Waals surface area contributed by atoms with Gasteiger partial charge in [-0.25, -0.2) is 18.1 Å². The molecule has 134 valence electrons. The van der Waals surface area contributed by atoms with Crippen LogP contribution in [0, 0.1) is 0 Å². The maximum Gasteiger partial charge on any atom is 0.259 e. The predicted octanol–water partition coefficient (Wildman–Crippen LogP) is 2.86. The van der Waals surface area contributed by atoms with Crippen molar-refractivity contribution in [3.63, 3.8) is 0 Å². The summed E-state index contributed by atoms with van der Waals surface area (Å²) in [6.45, 7) is 5.36. The minimum Gasteiger partial charge on any atom is -0.383 e. The molecule has 6 nitrogen and oxygen atoms in total. The van der Waals surface area contributed by atoms with Crippen LogP contribution < -0.4 is 4.72 Å². The molecule has 3 rings (SSSR count). The van der Waals surface area contributed by atoms with Gasteiger partial charge < -0.3 is 9.67 Å². The Morgan fingerprint density at radius 3 is 2.72 bits per heavy atom. The predicted molar refractivity (Wildman–Crippen MR) is 99.2 cm³/mol. The van der Waals surface area contributed by atoms with Crippen LogP contribution in [-0.2, 0) is 15.6 Å². The molecule has 8 heteroatoms. The van der Waals surface area contributed by atoms with Crippen LogP contribution in [0.2, 0.25) is 0 Å². The van der Waals surface area contributed by atoms with E-state index in [0.29, 0.717) is 4.88 Å². The van der Waals surface area contributed by atoms with Crippen LogP contribution in [0.4, 0.5) is 0 Å². The number of aromatic nitrogens is 2. The molecule has 2 N–H and O–H groups in total. The number of nitrogens with zero attached hydrogens (tertiary/aromatic N) is 2. The van der Waals surface area contributed by atoms with E-state index in [-0.39, 0.29) is 17.6 Å². The zero-order valence-electron chi connectivity index (χ0n) is 14.3. The van der Waals surface area contributed by atoms with E-state index < -0.39 is 15.6 Å². The van der Waals surface area contributed by atoms with Crippen LogP contribution in [0.3, 0.4) is 0 Å². The van der Waals surface area contributed by atoms with Crippen molar-refractivity contribution in [2.45, 2.75) is 37.4 Å². The number of hydrogen-bond donors (Lipinski definition) is 2. The van der Waals surface area contributed by atoms with Gasteiger partial charge in [0.2, 0.25) is 0 Å². The van der Waals surface area contributed by atoms with Gasteiger partial charge in [0.05, 0.1) is 6.33 Å². The van der Waals surface area contributed by atoms with Gasteiger partial charge >= 0.3 is 0 Å². The number of benzene rings is 1. The van der Waals surface area contributed by atoms with Gasteiger partial charge in [-0.1, -0.05) is 18.2 Å². The Morgan fingerprint density at radius 1 is 1.36 bits per heavy atom. The fraction of sp³-hybridized carbons (Fsp3) is 0.353. The highest BCUT2D eigenvalue weighted by Gasteiger charge is 2.29. The summed E-state index contributed by atoms with van der Waals surface area (Å²) in [5, 5.41) is 11.7. The lowest BCUT2D eigenvalue weighted by atomic mass is 10.1. The van der Waals surface area contributed by atoms with Crippen molar-refractivity contribution in [2.75, 3.05) is 6.54 Å². The molecule has 0 unspecified atom stereocenters. The molecule has 1 aromatic carbocycles. The second-order valence-electron chi connectivity index (χ2n) is 6.50. The largest absolute Gasteiger partial charge is 0.383 e. The summed E-state index contributed by atoms with van der Waals surface area (Å²) in [6, 6.07) is 9.82. The first-order valence-corrected chi connectivity index (χ1v) is 10.2. The number of nitrogens with one attached hydrogen (secondary N) is 1. The van der Waals surface area contributed by atoms with E-state index in [4.69, 9.17) is 0 Å². The molecule has 2 aromatic heterocycles. The summed E-state index contributed by atoms with van der Waals surface area (Å²) in [7, 11) is -3.78. The second-order valence-corrected chi connectivity index (χ2v) is 9.30. The number of aliphatic hydroxyl groups is 1. The molecule has 0 aliphatic heterocycles. The van der Waals surface area contributed by atoms with Crippen LogP contribution in [0.15, 0.2) is 47.9 Å². The molecule has 0 bridgehead atoms. The Morgan fingerprint density at radius 2 is 2.08 bits per heavy atom. The minimum absolute atomic E-state index is 0.0478. The standard InChI is InChI=1S/C17H21N3O3S2/c1-12(2)20-9-16(18-11-20)25(22,23)19-10-17(3,21)15-8-13-6-4-5-7-14(13)24-15/h4-9,11-12,19,21H,10H2,1-3H3/t17-/m1/s1. The highest BCUT2D eigenvalue weighted by molar-refractivity contribution is 7.89. The number of sulfonamides is 1. The van der Waals surface area contributed by atoms with Crippen molar-refractivity contribution in [1.29, 1.82) is 0 Å². The van der Waals surface area contributed by atoms with E-state index in [9.17, 15) is 13.5 Å². The molecule has 0 spiro atoms. The van der Waals surface area contributed by atoms with Gasteiger partial charge in [0.1, 0.15) is 5.60 Å². The van der Waals surface area contributed by atoms with Gasteiger partial charge in [0, 0.05) is 28.4 Å². The van der Waals surface area contributed by atoms with Crippen molar-refractivity contribution in [2.24, 2.45) is 0 Å². The monoisotopic (exact) mass is 379 g/mol. The molecule has 0 radical (unpaired) electrons. The first-order valence-electron chi connectivity index (χ1n) is 7.94. The third kappa shape index (κ3) is 3.77. The number of imidazole rings is 1. The quantitative estimate of drug-likeness (QED) is 0.690. The molecule has 25 heavy (non-hydrogen) atoms. The second kappa shape index (κ2) is 6.53. The number of hydrogen-bond acceptors (Lipinski definition) is 5. The Balaban J connectivity index is 1.78. The highest BCUT2D eigenvalue weighted by atomic mass is 32.2. The Labute approximate surface area is 151 Å². The SMILES string of the molecule is CC(C)n1cnc(S(=O)(=O)NC[C@@](C)(O)c2cc3ccccc3s2)c1. The average Bonchev–Trinajstić information content (AvgIpc) is 3.20. The summed E-state index contributed by atoms with van der Waals surface area (Å²) in [6.07, 6.45) is 2.98. The average molecular weight is 380 g/mol. The number of thiophene rings is 1. The van der Waals surface area contributed by atoms with Gasteiger partial charge in [0.25, 0.3) is 10.0 Å². The van der Waals surface area contributed by atoms with E-state index in [1.165, 1.54) is 23.9 Å². The first kappa shape index (κ1) is 18.1. The van der Waals surface area contributed by atoms with Crippen molar-refractivity contribution >= 4 is 31.4 Å². The van der Waals surface area contributed by atoms with Gasteiger partial charge in [0.15, 0.2) is 5.03 Å². The van der Waals surface area contributed by atoms with Crippen molar-refractivity contribution in [3.8, 4) is 0 Å². The van der Waals surface area contributed by atoms with E-state index >= 15 is 0 Å². The third-order valence-electron chi connectivity index (χ3n) is 4.01. The summed E-state index contributed by atoms with van der Waals surface area (Å²) in [4.78, 5) is 4.66. The molecule has 0 aliphatic rings. The number of fused-ring (bicyclic) bond motifs is 1. The first-order chi connectivity index (χ1) is 11.7. The fourth-order valence-corrected chi connectivity index (χ4v) is 4.55. The molecular formula is C17H21N3O3S2. The topological polar surface area (TPSA) is 84.2 Å². The van der Waals surface area contributed by atoms with Crippen LogP contribution in [0.25, 0.3) is 10.1 Å². The van der Waals surface area contributed by atoms with E-state index in [1.54, 1.807) is 11.5 Å². The van der Waals surface area contributed by atoms with Gasteiger partial charge in [-0.15, -0.1) is 11.3 Å². The van der Waals surface area contributed by atoms with E-state index in [0.717, 1.165) is 10.1 Å². The van der Waals surface area contributed by atoms with Crippen LogP contribution in [0.5, 0.6) is 0 Å². The Hall–Kier alpha value is -1.74. The lowest BCUT2D eigenvalue weighted by Crippen LogP contribution is -2.38. The smallest absolute Gasteiger partial charge is 0.259 e. The van der Waals surface area contributed by atoms with Gasteiger partial charge in [-0.2, -0.15) is 0 Å². The van der Waals surface area contributed by atoms with Gasteiger partial charge in [-0.3, -0.25) is 0 Å². The van der Waals surface area contributed by atoms with Crippen molar-refractivity contribution in [3.05, 3.63) is 47.7 Å². The third-order valence-corrected chi connectivity index (χ3v) is 6.67.